The first-order valence-corrected chi connectivity index (χ1v) is 9.68. The molecule has 4 aromatic heterocycles. The van der Waals surface area contributed by atoms with Gasteiger partial charge in [-0.05, 0) is 43.3 Å². The van der Waals surface area contributed by atoms with E-state index in [9.17, 15) is 4.79 Å². The smallest absolute Gasteiger partial charge is 0.255 e. The maximum atomic E-state index is 13.3. The van der Waals surface area contributed by atoms with Gasteiger partial charge in [-0.2, -0.15) is 4.98 Å². The molecule has 0 bridgehead atoms. The average molecular weight is 410 g/mol. The van der Waals surface area contributed by atoms with Crippen molar-refractivity contribution >= 4 is 17.5 Å². The lowest BCUT2D eigenvalue weighted by molar-refractivity contribution is -0.113. The fourth-order valence-electron chi connectivity index (χ4n) is 3.51. The summed E-state index contributed by atoms with van der Waals surface area (Å²) in [6.07, 6.45) is 8.35. The quantitative estimate of drug-likeness (QED) is 0.532. The summed E-state index contributed by atoms with van der Waals surface area (Å²) in [6, 6.07) is 12.3. The number of pyridine rings is 3. The third kappa shape index (κ3) is 3.52. The molecule has 0 spiro atoms. The molecule has 4 aromatic rings. The summed E-state index contributed by atoms with van der Waals surface area (Å²) >= 11 is 0. The van der Waals surface area contributed by atoms with Crippen LogP contribution in [0.3, 0.4) is 0 Å². The number of hydrogen-bond donors (Lipinski definition) is 2. The van der Waals surface area contributed by atoms with Crippen LogP contribution >= 0.6 is 0 Å². The van der Waals surface area contributed by atoms with E-state index >= 15 is 0 Å². The standard InChI is InChI=1S/C22H18N8O/c1-14-18(21(31)27-16-7-5-10-24-13-16)19(17-8-2-3-11-25-17)30-22(26-14)28-20(29-30)15-6-4-9-23-12-15/h2-13,19H,1H3,(H,27,31)(H,26,28,29). The minimum atomic E-state index is -0.549. The van der Waals surface area contributed by atoms with Gasteiger partial charge in [0, 0.05) is 36.0 Å². The number of rotatable bonds is 4. The Labute approximate surface area is 177 Å². The topological polar surface area (TPSA) is 111 Å². The van der Waals surface area contributed by atoms with Gasteiger partial charge in [0.1, 0.15) is 6.04 Å². The lowest BCUT2D eigenvalue weighted by atomic mass is 9.98. The number of anilines is 2. The Kier molecular flexibility index (Phi) is 4.68. The zero-order valence-corrected chi connectivity index (χ0v) is 16.6. The normalized spacial score (nSPS) is 15.2. The number of carbonyl (C=O) groups excluding carboxylic acids is 1. The highest BCUT2D eigenvalue weighted by atomic mass is 16.1. The Balaban J connectivity index is 1.60. The minimum absolute atomic E-state index is 0.266. The predicted octanol–water partition coefficient (Wildman–Crippen LogP) is 3.06. The van der Waals surface area contributed by atoms with Gasteiger partial charge in [-0.25, -0.2) is 4.68 Å². The Hall–Kier alpha value is -4.40. The van der Waals surface area contributed by atoms with Crippen molar-refractivity contribution in [3.8, 4) is 11.4 Å². The largest absolute Gasteiger partial charge is 0.328 e. The highest BCUT2D eigenvalue weighted by Gasteiger charge is 2.35. The molecule has 1 atom stereocenters. The van der Waals surface area contributed by atoms with E-state index in [4.69, 9.17) is 0 Å². The molecule has 2 N–H and O–H groups in total. The van der Waals surface area contributed by atoms with Crippen LogP contribution in [0.2, 0.25) is 0 Å². The number of carbonyl (C=O) groups is 1. The molecule has 5 rings (SSSR count). The molecule has 0 saturated carbocycles. The van der Waals surface area contributed by atoms with Crippen molar-refractivity contribution in [3.63, 3.8) is 0 Å². The van der Waals surface area contributed by atoms with E-state index in [1.807, 2.05) is 37.3 Å². The lowest BCUT2D eigenvalue weighted by Gasteiger charge is -2.27. The first-order valence-electron chi connectivity index (χ1n) is 9.68. The van der Waals surface area contributed by atoms with Crippen molar-refractivity contribution in [3.05, 3.63) is 90.4 Å². The molecule has 1 amide bonds. The number of hydrogen-bond acceptors (Lipinski definition) is 7. The van der Waals surface area contributed by atoms with Gasteiger partial charge in [0.15, 0.2) is 5.82 Å². The minimum Gasteiger partial charge on any atom is -0.328 e. The second kappa shape index (κ2) is 7.79. The average Bonchev–Trinajstić information content (AvgIpc) is 3.23. The monoisotopic (exact) mass is 410 g/mol. The van der Waals surface area contributed by atoms with Crippen molar-refractivity contribution in [1.82, 2.24) is 29.7 Å². The first-order chi connectivity index (χ1) is 15.2. The molecule has 0 aromatic carbocycles. The molecule has 1 aliphatic rings. The molecule has 0 radical (unpaired) electrons. The zero-order chi connectivity index (χ0) is 21.2. The molecule has 152 valence electrons. The van der Waals surface area contributed by atoms with E-state index in [0.717, 1.165) is 5.56 Å². The molecule has 9 heteroatoms. The van der Waals surface area contributed by atoms with Crippen molar-refractivity contribution in [2.24, 2.45) is 0 Å². The van der Waals surface area contributed by atoms with Gasteiger partial charge in [0.05, 0.1) is 23.2 Å². The van der Waals surface area contributed by atoms with Crippen molar-refractivity contribution in [2.75, 3.05) is 10.6 Å². The zero-order valence-electron chi connectivity index (χ0n) is 16.6. The number of nitrogens with one attached hydrogen (secondary N) is 2. The van der Waals surface area contributed by atoms with Gasteiger partial charge in [0.2, 0.25) is 5.95 Å². The number of fused-ring (bicyclic) bond motifs is 1. The Morgan fingerprint density at radius 2 is 1.87 bits per heavy atom. The maximum Gasteiger partial charge on any atom is 0.255 e. The van der Waals surface area contributed by atoms with Crippen LogP contribution in [0.1, 0.15) is 18.7 Å². The van der Waals surface area contributed by atoms with Crippen LogP contribution in [0.15, 0.2) is 84.7 Å². The fourth-order valence-corrected chi connectivity index (χ4v) is 3.51. The number of nitrogens with zero attached hydrogens (tertiary/aromatic N) is 6. The van der Waals surface area contributed by atoms with Crippen LogP contribution < -0.4 is 10.6 Å². The van der Waals surface area contributed by atoms with Crippen LogP contribution in [-0.2, 0) is 4.79 Å². The second-order valence-corrected chi connectivity index (χ2v) is 6.96. The van der Waals surface area contributed by atoms with Crippen LogP contribution in [0.5, 0.6) is 0 Å². The van der Waals surface area contributed by atoms with Gasteiger partial charge < -0.3 is 10.6 Å². The summed E-state index contributed by atoms with van der Waals surface area (Å²) in [5.41, 5.74) is 3.24. The van der Waals surface area contributed by atoms with Crippen LogP contribution in [0, 0.1) is 0 Å². The molecule has 31 heavy (non-hydrogen) atoms. The van der Waals surface area contributed by atoms with Gasteiger partial charge in [-0.15, -0.1) is 5.10 Å². The molecule has 0 fully saturated rings. The Morgan fingerprint density at radius 1 is 1.03 bits per heavy atom. The highest BCUT2D eigenvalue weighted by molar-refractivity contribution is 6.05. The molecule has 0 aliphatic carbocycles. The molecule has 0 saturated heterocycles. The molecule has 1 unspecified atom stereocenters. The van der Waals surface area contributed by atoms with E-state index in [2.05, 4.69) is 35.7 Å². The lowest BCUT2D eigenvalue weighted by Crippen LogP contribution is -2.32. The highest BCUT2D eigenvalue weighted by Crippen LogP contribution is 2.35. The van der Waals surface area contributed by atoms with Gasteiger partial charge in [-0.1, -0.05) is 6.07 Å². The second-order valence-electron chi connectivity index (χ2n) is 6.96. The molecule has 9 nitrogen and oxygen atoms in total. The molecular formula is C22H18N8O. The number of amides is 1. The van der Waals surface area contributed by atoms with Crippen molar-refractivity contribution < 1.29 is 4.79 Å². The van der Waals surface area contributed by atoms with Crippen LogP contribution in [0.25, 0.3) is 11.4 Å². The maximum absolute atomic E-state index is 13.3. The van der Waals surface area contributed by atoms with Gasteiger partial charge in [0.25, 0.3) is 5.91 Å². The van der Waals surface area contributed by atoms with Crippen molar-refractivity contribution in [2.45, 2.75) is 13.0 Å². The first kappa shape index (κ1) is 18.6. The van der Waals surface area contributed by atoms with E-state index in [1.165, 1.54) is 0 Å². The van der Waals surface area contributed by atoms with E-state index in [1.54, 1.807) is 47.8 Å². The fraction of sp³-hybridized carbons (Fsp3) is 0.0909. The van der Waals surface area contributed by atoms with E-state index < -0.39 is 6.04 Å². The van der Waals surface area contributed by atoms with E-state index in [-0.39, 0.29) is 5.91 Å². The van der Waals surface area contributed by atoms with E-state index in [0.29, 0.717) is 34.4 Å². The predicted molar refractivity (Wildman–Crippen MR) is 115 cm³/mol. The van der Waals surface area contributed by atoms with Crippen molar-refractivity contribution in [1.29, 1.82) is 0 Å². The summed E-state index contributed by atoms with van der Waals surface area (Å²) in [6.45, 7) is 1.84. The Bertz CT molecular complexity index is 1250. The molecule has 1 aliphatic heterocycles. The third-order valence-electron chi connectivity index (χ3n) is 4.90. The Morgan fingerprint density at radius 3 is 2.58 bits per heavy atom. The van der Waals surface area contributed by atoms with Gasteiger partial charge >= 0.3 is 0 Å². The number of aromatic nitrogens is 6. The van der Waals surface area contributed by atoms with Crippen LogP contribution in [0.4, 0.5) is 11.6 Å². The SMILES string of the molecule is CC1=C(C(=O)Nc2cccnc2)C(c2ccccn2)n2nc(-c3cccnc3)nc2N1. The summed E-state index contributed by atoms with van der Waals surface area (Å²) in [4.78, 5) is 30.6. The summed E-state index contributed by atoms with van der Waals surface area (Å²) in [7, 11) is 0. The molecular weight excluding hydrogens is 392 g/mol. The summed E-state index contributed by atoms with van der Waals surface area (Å²) in [5, 5.41) is 10.8. The summed E-state index contributed by atoms with van der Waals surface area (Å²) in [5.74, 6) is 0.779. The molecule has 5 heterocycles. The van der Waals surface area contributed by atoms with Crippen LogP contribution in [-0.4, -0.2) is 35.6 Å². The number of allylic oxidation sites excluding steroid dienone is 1. The summed E-state index contributed by atoms with van der Waals surface area (Å²) < 4.78 is 1.69. The third-order valence-corrected chi connectivity index (χ3v) is 4.90. The van der Waals surface area contributed by atoms with Gasteiger partial charge in [-0.3, -0.25) is 19.7 Å².